The average Bonchev–Trinajstić information content (AvgIpc) is 2.57. The third-order valence-electron chi connectivity index (χ3n) is 3.44. The van der Waals surface area contributed by atoms with Gasteiger partial charge in [0.25, 0.3) is 0 Å². The van der Waals surface area contributed by atoms with E-state index in [1.54, 1.807) is 37.3 Å². The Morgan fingerprint density at radius 3 is 2.55 bits per heavy atom. The molecule has 22 heavy (non-hydrogen) atoms. The summed E-state index contributed by atoms with van der Waals surface area (Å²) >= 11 is 0. The Kier molecular flexibility index (Phi) is 3.66. The van der Waals surface area contributed by atoms with Gasteiger partial charge in [0.1, 0.15) is 5.52 Å². The molecule has 108 valence electrons. The van der Waals surface area contributed by atoms with Gasteiger partial charge in [-0.15, -0.1) is 0 Å². The highest BCUT2D eigenvalue weighted by atomic mass is 16.5. The van der Waals surface area contributed by atoms with Gasteiger partial charge in [0.2, 0.25) is 17.0 Å². The number of rotatable bonds is 3. The van der Waals surface area contributed by atoms with Crippen molar-refractivity contribution in [2.24, 2.45) is 0 Å². The standard InChI is InChI=1S/C18H14N2O2/c1-13-18(17(21)12-11-14-7-3-2-4-8-14)19-15-9-5-6-10-16(15)20(13)22/h2-12H,1H3/b12-11+. The molecule has 1 heterocycles. The van der Waals surface area contributed by atoms with E-state index in [-0.39, 0.29) is 11.5 Å². The van der Waals surface area contributed by atoms with Gasteiger partial charge in [-0.25, -0.2) is 4.98 Å². The van der Waals surface area contributed by atoms with Crippen molar-refractivity contribution in [2.75, 3.05) is 0 Å². The van der Waals surface area contributed by atoms with Crippen LogP contribution in [-0.2, 0) is 0 Å². The van der Waals surface area contributed by atoms with Crippen molar-refractivity contribution in [3.8, 4) is 0 Å². The zero-order valence-corrected chi connectivity index (χ0v) is 12.1. The Bertz CT molecular complexity index is 871. The highest BCUT2D eigenvalue weighted by Crippen LogP contribution is 2.12. The maximum absolute atomic E-state index is 12.3. The fourth-order valence-corrected chi connectivity index (χ4v) is 2.26. The molecule has 0 amide bonds. The summed E-state index contributed by atoms with van der Waals surface area (Å²) in [5.41, 5.74) is 2.38. The Morgan fingerprint density at radius 2 is 1.77 bits per heavy atom. The number of para-hydroxylation sites is 2. The molecule has 0 saturated heterocycles. The minimum Gasteiger partial charge on any atom is -0.618 e. The minimum atomic E-state index is -0.281. The van der Waals surface area contributed by atoms with Crippen LogP contribution in [0.5, 0.6) is 0 Å². The molecule has 3 aromatic rings. The number of hydrogen-bond donors (Lipinski definition) is 0. The molecular formula is C18H14N2O2. The van der Waals surface area contributed by atoms with Crippen molar-refractivity contribution in [1.29, 1.82) is 0 Å². The zero-order valence-electron chi connectivity index (χ0n) is 12.1. The van der Waals surface area contributed by atoms with E-state index in [1.165, 1.54) is 6.08 Å². The Labute approximate surface area is 127 Å². The van der Waals surface area contributed by atoms with Gasteiger partial charge in [-0.05, 0) is 17.7 Å². The van der Waals surface area contributed by atoms with E-state index in [2.05, 4.69) is 4.98 Å². The first kappa shape index (κ1) is 13.9. The second kappa shape index (κ2) is 5.77. The molecule has 0 unspecified atom stereocenters. The maximum Gasteiger partial charge on any atom is 0.242 e. The van der Waals surface area contributed by atoms with Crippen LogP contribution in [0.3, 0.4) is 0 Å². The number of ketones is 1. The molecule has 4 nitrogen and oxygen atoms in total. The molecule has 1 aromatic heterocycles. The van der Waals surface area contributed by atoms with Gasteiger partial charge in [-0.3, -0.25) is 4.79 Å². The number of hydrogen-bond acceptors (Lipinski definition) is 3. The van der Waals surface area contributed by atoms with Crippen LogP contribution in [0.1, 0.15) is 21.7 Å². The van der Waals surface area contributed by atoms with Gasteiger partial charge in [0.15, 0.2) is 5.69 Å². The molecule has 0 spiro atoms. The quantitative estimate of drug-likeness (QED) is 0.322. The first-order valence-corrected chi connectivity index (χ1v) is 6.93. The molecule has 0 aliphatic heterocycles. The fraction of sp³-hybridized carbons (Fsp3) is 0.0556. The molecule has 0 fully saturated rings. The van der Waals surface area contributed by atoms with Gasteiger partial charge < -0.3 is 5.21 Å². The molecule has 0 bridgehead atoms. The number of nitrogens with zero attached hydrogens (tertiary/aromatic N) is 2. The lowest BCUT2D eigenvalue weighted by Crippen LogP contribution is -2.34. The van der Waals surface area contributed by atoms with Gasteiger partial charge >= 0.3 is 0 Å². The average molecular weight is 290 g/mol. The highest BCUT2D eigenvalue weighted by Gasteiger charge is 2.18. The maximum atomic E-state index is 12.3. The van der Waals surface area contributed by atoms with E-state index in [4.69, 9.17) is 0 Å². The Hall–Kier alpha value is -3.01. The van der Waals surface area contributed by atoms with E-state index < -0.39 is 0 Å². The molecule has 0 N–H and O–H groups in total. The van der Waals surface area contributed by atoms with Crippen molar-refractivity contribution in [1.82, 2.24) is 4.98 Å². The van der Waals surface area contributed by atoms with E-state index in [1.807, 2.05) is 30.3 Å². The van der Waals surface area contributed by atoms with Crippen molar-refractivity contribution >= 4 is 22.9 Å². The third kappa shape index (κ3) is 2.59. The van der Waals surface area contributed by atoms with Crippen molar-refractivity contribution < 1.29 is 9.52 Å². The summed E-state index contributed by atoms with van der Waals surface area (Å²) in [6.45, 7) is 1.61. The minimum absolute atomic E-state index is 0.181. The van der Waals surface area contributed by atoms with Crippen LogP contribution in [0.25, 0.3) is 17.1 Å². The van der Waals surface area contributed by atoms with Crippen LogP contribution < -0.4 is 4.73 Å². The number of benzene rings is 2. The molecule has 3 rings (SSSR count). The number of carbonyl (C=O) groups excluding carboxylic acids is 1. The van der Waals surface area contributed by atoms with Crippen LogP contribution in [-0.4, -0.2) is 10.8 Å². The smallest absolute Gasteiger partial charge is 0.242 e. The predicted molar refractivity (Wildman–Crippen MR) is 85.2 cm³/mol. The summed E-state index contributed by atoms with van der Waals surface area (Å²) in [5.74, 6) is -0.281. The molecule has 2 aromatic carbocycles. The first-order chi connectivity index (χ1) is 10.7. The number of allylic oxidation sites excluding steroid dienone is 1. The number of carbonyl (C=O) groups is 1. The molecule has 4 heteroatoms. The van der Waals surface area contributed by atoms with Crippen LogP contribution in [0.2, 0.25) is 0 Å². The molecule has 0 saturated carbocycles. The summed E-state index contributed by atoms with van der Waals surface area (Å²) in [6, 6.07) is 16.5. The summed E-state index contributed by atoms with van der Waals surface area (Å²) in [6.07, 6.45) is 3.16. The first-order valence-electron chi connectivity index (χ1n) is 6.93. The van der Waals surface area contributed by atoms with Crippen LogP contribution in [0.15, 0.2) is 60.7 Å². The van der Waals surface area contributed by atoms with Gasteiger partial charge in [-0.1, -0.05) is 48.5 Å². The van der Waals surface area contributed by atoms with E-state index >= 15 is 0 Å². The Balaban J connectivity index is 2.01. The summed E-state index contributed by atoms with van der Waals surface area (Å²) in [7, 11) is 0. The van der Waals surface area contributed by atoms with Crippen LogP contribution in [0.4, 0.5) is 0 Å². The van der Waals surface area contributed by atoms with Crippen LogP contribution >= 0.6 is 0 Å². The monoisotopic (exact) mass is 290 g/mol. The van der Waals surface area contributed by atoms with Gasteiger partial charge in [-0.2, -0.15) is 4.73 Å². The van der Waals surface area contributed by atoms with Gasteiger partial charge in [0, 0.05) is 13.0 Å². The molecule has 0 aliphatic carbocycles. The fourth-order valence-electron chi connectivity index (χ4n) is 2.26. The predicted octanol–water partition coefficient (Wildman–Crippen LogP) is 3.07. The second-order valence-electron chi connectivity index (χ2n) is 4.94. The number of aromatic nitrogens is 2. The summed E-state index contributed by atoms with van der Waals surface area (Å²) in [4.78, 5) is 16.7. The normalized spacial score (nSPS) is 11.1. The molecular weight excluding hydrogens is 276 g/mol. The van der Waals surface area contributed by atoms with Crippen molar-refractivity contribution in [3.63, 3.8) is 0 Å². The second-order valence-corrected chi connectivity index (χ2v) is 4.94. The van der Waals surface area contributed by atoms with E-state index in [0.717, 1.165) is 10.3 Å². The van der Waals surface area contributed by atoms with Crippen molar-refractivity contribution in [2.45, 2.75) is 6.92 Å². The van der Waals surface area contributed by atoms with Crippen molar-refractivity contribution in [3.05, 3.63) is 82.8 Å². The lowest BCUT2D eigenvalue weighted by Gasteiger charge is -2.07. The molecule has 0 atom stereocenters. The molecule has 0 radical (unpaired) electrons. The van der Waals surface area contributed by atoms with Gasteiger partial charge in [0.05, 0.1) is 0 Å². The van der Waals surface area contributed by atoms with E-state index in [0.29, 0.717) is 16.7 Å². The Morgan fingerprint density at radius 1 is 1.09 bits per heavy atom. The zero-order chi connectivity index (χ0) is 15.5. The lowest BCUT2D eigenvalue weighted by molar-refractivity contribution is -0.584. The SMILES string of the molecule is Cc1c(C(=O)/C=C/c2ccccc2)nc2ccccc2[n+]1[O-]. The summed E-state index contributed by atoms with van der Waals surface area (Å²) in [5, 5.41) is 12.2. The van der Waals surface area contributed by atoms with E-state index in [9.17, 15) is 10.0 Å². The topological polar surface area (TPSA) is 56.9 Å². The third-order valence-corrected chi connectivity index (χ3v) is 3.44. The molecule has 0 aliphatic rings. The highest BCUT2D eigenvalue weighted by molar-refractivity contribution is 6.06. The largest absolute Gasteiger partial charge is 0.618 e. The van der Waals surface area contributed by atoms with Crippen LogP contribution in [0, 0.1) is 12.1 Å². The summed E-state index contributed by atoms with van der Waals surface area (Å²) < 4.78 is 0.756. The lowest BCUT2D eigenvalue weighted by atomic mass is 10.1. The number of fused-ring (bicyclic) bond motifs is 1.